The third-order valence-corrected chi connectivity index (χ3v) is 3.22. The highest BCUT2D eigenvalue weighted by atomic mass is 16.5. The zero-order valence-electron chi connectivity index (χ0n) is 11.1. The fourth-order valence-electron chi connectivity index (χ4n) is 1.79. The number of aliphatic hydroxyl groups excluding tert-OH is 1. The molecular weight excluding hydrogens is 232 g/mol. The molecule has 0 aliphatic heterocycles. The van der Waals surface area contributed by atoms with Crippen LogP contribution in [0.25, 0.3) is 0 Å². The maximum absolute atomic E-state index is 11.2. The lowest BCUT2D eigenvalue weighted by Crippen LogP contribution is -2.27. The molecule has 100 valence electrons. The minimum atomic E-state index is -0.470. The molecule has 18 heavy (non-hydrogen) atoms. The summed E-state index contributed by atoms with van der Waals surface area (Å²) >= 11 is 0. The molecule has 1 N–H and O–H groups in total. The zero-order valence-corrected chi connectivity index (χ0v) is 11.1. The third kappa shape index (κ3) is 3.47. The molecule has 1 aromatic rings. The molecule has 1 aromatic carbocycles. The number of methoxy groups -OCH3 is 2. The van der Waals surface area contributed by atoms with Gasteiger partial charge in [-0.25, -0.2) is 0 Å². The van der Waals surface area contributed by atoms with Crippen molar-refractivity contribution in [3.8, 4) is 5.75 Å². The van der Waals surface area contributed by atoms with Crippen molar-refractivity contribution in [3.63, 3.8) is 0 Å². The van der Waals surface area contributed by atoms with Crippen LogP contribution in [0.3, 0.4) is 0 Å². The molecule has 0 amide bonds. The topological polar surface area (TPSA) is 55.8 Å². The molecule has 0 saturated carbocycles. The van der Waals surface area contributed by atoms with Crippen molar-refractivity contribution in [1.29, 1.82) is 0 Å². The fraction of sp³-hybridized carbons (Fsp3) is 0.500. The van der Waals surface area contributed by atoms with E-state index in [4.69, 9.17) is 4.74 Å². The van der Waals surface area contributed by atoms with Crippen molar-refractivity contribution in [2.24, 2.45) is 0 Å². The van der Waals surface area contributed by atoms with Crippen molar-refractivity contribution < 1.29 is 19.4 Å². The van der Waals surface area contributed by atoms with Crippen LogP contribution in [0.5, 0.6) is 5.75 Å². The van der Waals surface area contributed by atoms with Crippen molar-refractivity contribution in [3.05, 3.63) is 29.8 Å². The molecule has 0 aliphatic rings. The minimum absolute atomic E-state index is 0.0306. The van der Waals surface area contributed by atoms with E-state index in [1.54, 1.807) is 7.11 Å². The van der Waals surface area contributed by atoms with E-state index in [1.165, 1.54) is 7.11 Å². The van der Waals surface area contributed by atoms with E-state index in [-0.39, 0.29) is 19.0 Å². The molecule has 0 aromatic heterocycles. The van der Waals surface area contributed by atoms with E-state index in [0.29, 0.717) is 6.42 Å². The van der Waals surface area contributed by atoms with Crippen LogP contribution in [0.15, 0.2) is 24.3 Å². The molecular formula is C14H20O4. The first kappa shape index (κ1) is 14.5. The Morgan fingerprint density at radius 2 is 2.11 bits per heavy atom. The Kier molecular flexibility index (Phi) is 5.16. The van der Waals surface area contributed by atoms with Crippen molar-refractivity contribution in [1.82, 2.24) is 0 Å². The van der Waals surface area contributed by atoms with Gasteiger partial charge in [0.1, 0.15) is 5.75 Å². The number of esters is 1. The smallest absolute Gasteiger partial charge is 0.305 e. The number of benzene rings is 1. The fourth-order valence-corrected chi connectivity index (χ4v) is 1.79. The molecule has 4 nitrogen and oxygen atoms in total. The maximum Gasteiger partial charge on any atom is 0.305 e. The second kappa shape index (κ2) is 6.40. The standard InChI is InChI=1S/C14H20O4/c1-14(10-15,8-7-13(16)18-3)11-5-4-6-12(9-11)17-2/h4-6,9,15H,7-8,10H2,1-3H3/t14-/m0/s1. The van der Waals surface area contributed by atoms with Crippen molar-refractivity contribution in [2.45, 2.75) is 25.2 Å². The lowest BCUT2D eigenvalue weighted by Gasteiger charge is -2.27. The molecule has 0 bridgehead atoms. The Labute approximate surface area is 108 Å². The molecule has 4 heteroatoms. The van der Waals surface area contributed by atoms with Crippen LogP contribution in [-0.4, -0.2) is 31.9 Å². The number of rotatable bonds is 6. The summed E-state index contributed by atoms with van der Waals surface area (Å²) in [6, 6.07) is 7.53. The minimum Gasteiger partial charge on any atom is -0.497 e. The highest BCUT2D eigenvalue weighted by molar-refractivity contribution is 5.69. The van der Waals surface area contributed by atoms with E-state index in [0.717, 1.165) is 11.3 Å². The van der Waals surface area contributed by atoms with E-state index < -0.39 is 5.41 Å². The van der Waals surface area contributed by atoms with Gasteiger partial charge in [-0.3, -0.25) is 4.79 Å². The van der Waals surface area contributed by atoms with Gasteiger partial charge in [0.2, 0.25) is 0 Å². The maximum atomic E-state index is 11.2. The van der Waals surface area contributed by atoms with Gasteiger partial charge >= 0.3 is 5.97 Å². The normalized spacial score (nSPS) is 13.8. The molecule has 0 unspecified atom stereocenters. The van der Waals surface area contributed by atoms with Gasteiger partial charge in [-0.2, -0.15) is 0 Å². The van der Waals surface area contributed by atoms with Crippen LogP contribution in [0.2, 0.25) is 0 Å². The van der Waals surface area contributed by atoms with Gasteiger partial charge in [-0.1, -0.05) is 19.1 Å². The van der Waals surface area contributed by atoms with Crippen LogP contribution in [0.1, 0.15) is 25.3 Å². The molecule has 0 fully saturated rings. The number of hydrogen-bond donors (Lipinski definition) is 1. The number of aliphatic hydroxyl groups is 1. The molecule has 0 saturated heterocycles. The summed E-state index contributed by atoms with van der Waals surface area (Å²) in [5, 5.41) is 9.59. The Balaban J connectivity index is 2.88. The third-order valence-electron chi connectivity index (χ3n) is 3.22. The number of carbonyl (C=O) groups is 1. The van der Waals surface area contributed by atoms with Gasteiger partial charge in [0.15, 0.2) is 0 Å². The number of ether oxygens (including phenoxy) is 2. The number of hydrogen-bond acceptors (Lipinski definition) is 4. The summed E-state index contributed by atoms with van der Waals surface area (Å²) in [6.07, 6.45) is 0.814. The molecule has 0 aliphatic carbocycles. The first-order chi connectivity index (χ1) is 8.55. The molecule has 0 spiro atoms. The Hall–Kier alpha value is -1.55. The SMILES string of the molecule is COC(=O)CC[C@@](C)(CO)c1cccc(OC)c1. The van der Waals surface area contributed by atoms with Gasteiger partial charge in [0.25, 0.3) is 0 Å². The van der Waals surface area contributed by atoms with E-state index >= 15 is 0 Å². The summed E-state index contributed by atoms with van der Waals surface area (Å²) < 4.78 is 9.79. The van der Waals surface area contributed by atoms with E-state index in [9.17, 15) is 9.90 Å². The molecule has 1 rings (SSSR count). The van der Waals surface area contributed by atoms with Gasteiger partial charge in [-0.15, -0.1) is 0 Å². The van der Waals surface area contributed by atoms with Gasteiger partial charge in [-0.05, 0) is 24.1 Å². The predicted octanol–water partition coefficient (Wildman–Crippen LogP) is 1.90. The lowest BCUT2D eigenvalue weighted by molar-refractivity contribution is -0.141. The van der Waals surface area contributed by atoms with Crippen LogP contribution in [0, 0.1) is 0 Å². The molecule has 1 atom stereocenters. The summed E-state index contributed by atoms with van der Waals surface area (Å²) in [4.78, 5) is 11.2. The zero-order chi connectivity index (χ0) is 13.6. The Bertz CT molecular complexity index is 403. The van der Waals surface area contributed by atoms with Crippen molar-refractivity contribution >= 4 is 5.97 Å². The summed E-state index contributed by atoms with van der Waals surface area (Å²) in [6.45, 7) is 1.89. The van der Waals surface area contributed by atoms with Crippen LogP contribution in [0.4, 0.5) is 0 Å². The van der Waals surface area contributed by atoms with Crippen LogP contribution < -0.4 is 4.74 Å². The second-order valence-corrected chi connectivity index (χ2v) is 4.53. The highest BCUT2D eigenvalue weighted by Gasteiger charge is 2.27. The van der Waals surface area contributed by atoms with Gasteiger partial charge in [0, 0.05) is 11.8 Å². The average molecular weight is 252 g/mol. The molecule has 0 radical (unpaired) electrons. The van der Waals surface area contributed by atoms with Crippen molar-refractivity contribution in [2.75, 3.05) is 20.8 Å². The number of carbonyl (C=O) groups excluding carboxylic acids is 1. The highest BCUT2D eigenvalue weighted by Crippen LogP contribution is 2.30. The lowest BCUT2D eigenvalue weighted by atomic mass is 9.79. The molecule has 0 heterocycles. The largest absolute Gasteiger partial charge is 0.497 e. The van der Waals surface area contributed by atoms with Crippen LogP contribution >= 0.6 is 0 Å². The Morgan fingerprint density at radius 1 is 1.39 bits per heavy atom. The van der Waals surface area contributed by atoms with Gasteiger partial charge in [0.05, 0.1) is 20.8 Å². The summed E-state index contributed by atoms with van der Waals surface area (Å²) in [7, 11) is 2.97. The monoisotopic (exact) mass is 252 g/mol. The van der Waals surface area contributed by atoms with Crippen LogP contribution in [-0.2, 0) is 14.9 Å². The first-order valence-electron chi connectivity index (χ1n) is 5.88. The summed E-state index contributed by atoms with van der Waals surface area (Å²) in [5.74, 6) is 0.475. The van der Waals surface area contributed by atoms with E-state index in [2.05, 4.69) is 4.74 Å². The van der Waals surface area contributed by atoms with E-state index in [1.807, 2.05) is 31.2 Å². The van der Waals surface area contributed by atoms with Gasteiger partial charge < -0.3 is 14.6 Å². The first-order valence-corrected chi connectivity index (χ1v) is 5.88. The average Bonchev–Trinajstić information content (AvgIpc) is 2.44. The quantitative estimate of drug-likeness (QED) is 0.786. The predicted molar refractivity (Wildman–Crippen MR) is 68.7 cm³/mol. The Morgan fingerprint density at radius 3 is 2.67 bits per heavy atom. The summed E-state index contributed by atoms with van der Waals surface area (Å²) in [5.41, 5.74) is 0.483. The second-order valence-electron chi connectivity index (χ2n) is 4.53.